The number of nitrogens with zero attached hydrogens (tertiary/aromatic N) is 1. The molecule has 0 saturated heterocycles. The van der Waals surface area contributed by atoms with E-state index >= 15 is 0 Å². The average Bonchev–Trinajstić information content (AvgIpc) is 3.30. The van der Waals surface area contributed by atoms with E-state index in [9.17, 15) is 19.5 Å². The van der Waals surface area contributed by atoms with E-state index in [1.54, 1.807) is 0 Å². The first-order valence-corrected chi connectivity index (χ1v) is 29.9. The van der Waals surface area contributed by atoms with Crippen LogP contribution in [0.15, 0.2) is 0 Å². The molecule has 409 valence electrons. The van der Waals surface area contributed by atoms with Crippen molar-refractivity contribution in [3.05, 3.63) is 6.92 Å². The van der Waals surface area contributed by atoms with Crippen molar-refractivity contribution in [3.63, 3.8) is 0 Å². The number of unbranched alkanes of at least 4 members (excludes halogenated alkanes) is 37. The minimum Gasteiger partial charge on any atom is -0.462 e. The predicted molar refractivity (Wildman–Crippen MR) is 292 cm³/mol. The second kappa shape index (κ2) is 49.9. The summed E-state index contributed by atoms with van der Waals surface area (Å²) in [6, 6.07) is -0.706. The molecule has 0 bridgehead atoms. The first-order valence-electron chi connectivity index (χ1n) is 29.9. The minimum atomic E-state index is -0.841. The maximum atomic E-state index is 13.1. The highest BCUT2D eigenvalue weighted by atomic mass is 16.6. The van der Waals surface area contributed by atoms with Crippen LogP contribution in [-0.4, -0.2) is 78.0 Å². The Hall–Kier alpha value is -1.71. The second-order valence-electron chi connectivity index (χ2n) is 22.1. The lowest BCUT2D eigenvalue weighted by molar-refractivity contribution is -0.160. The Balaban J connectivity index is 4.59. The number of rotatable bonds is 53. The van der Waals surface area contributed by atoms with Crippen molar-refractivity contribution >= 4 is 17.9 Å². The Morgan fingerprint density at radius 2 is 0.826 bits per heavy atom. The second-order valence-corrected chi connectivity index (χ2v) is 22.1. The van der Waals surface area contributed by atoms with E-state index in [1.165, 1.54) is 205 Å². The molecule has 69 heavy (non-hydrogen) atoms. The Bertz CT molecular complexity index is 1130. The summed E-state index contributed by atoms with van der Waals surface area (Å²) in [5, 5.41) is 10.2. The van der Waals surface area contributed by atoms with Gasteiger partial charge < -0.3 is 25.1 Å². The standard InChI is InChI=1S/C60H117N2O7/c1-7-9-11-13-15-17-19-21-23-25-27-29-31-33-35-37-39-41-43-48-57(64)67-53-55(52-62(51-54(3)63)50-46-45-47-56(61)59(66)69-60(4,5)6)68-58(65)49-44-42-40-38-36-34-32-30-28-26-24-22-20-18-16-14-12-10-8-2/h54-56,63H,3,7-53,61H2,1-2,4-6H3. The molecule has 0 fully saturated rings. The molecule has 0 aliphatic carbocycles. The number of ether oxygens (including phenoxy) is 3. The number of nitrogens with two attached hydrogens (primary N) is 1. The highest BCUT2D eigenvalue weighted by Crippen LogP contribution is 2.18. The van der Waals surface area contributed by atoms with Crippen LogP contribution in [0.4, 0.5) is 0 Å². The van der Waals surface area contributed by atoms with E-state index in [0.717, 1.165) is 38.5 Å². The molecule has 3 N–H and O–H groups in total. The van der Waals surface area contributed by atoms with Gasteiger partial charge in [0.2, 0.25) is 0 Å². The molecule has 9 nitrogen and oxygen atoms in total. The molecule has 0 spiro atoms. The summed E-state index contributed by atoms with van der Waals surface area (Å²) in [6.45, 7) is 15.0. The van der Waals surface area contributed by atoms with Gasteiger partial charge in [-0.05, 0) is 59.9 Å². The van der Waals surface area contributed by atoms with Crippen LogP contribution in [0.3, 0.4) is 0 Å². The molecule has 3 atom stereocenters. The van der Waals surface area contributed by atoms with Gasteiger partial charge >= 0.3 is 17.9 Å². The molecule has 0 rings (SSSR count). The topological polar surface area (TPSA) is 128 Å². The first-order chi connectivity index (χ1) is 33.4. The molecular weight excluding hydrogens is 861 g/mol. The van der Waals surface area contributed by atoms with Crippen LogP contribution in [-0.2, 0) is 28.6 Å². The lowest BCUT2D eigenvalue weighted by atomic mass is 10.0. The van der Waals surface area contributed by atoms with Crippen molar-refractivity contribution in [2.75, 3.05) is 26.2 Å². The fourth-order valence-electron chi connectivity index (χ4n) is 9.36. The van der Waals surface area contributed by atoms with Crippen LogP contribution in [0.1, 0.15) is 311 Å². The summed E-state index contributed by atoms with van der Waals surface area (Å²) in [7, 11) is 0. The summed E-state index contributed by atoms with van der Waals surface area (Å²) in [6.07, 6.45) is 50.6. The van der Waals surface area contributed by atoms with Gasteiger partial charge in [-0.25, -0.2) is 0 Å². The van der Waals surface area contributed by atoms with Crippen molar-refractivity contribution in [1.29, 1.82) is 0 Å². The van der Waals surface area contributed by atoms with Gasteiger partial charge in [0.05, 0.1) is 6.10 Å². The van der Waals surface area contributed by atoms with E-state index in [1.807, 2.05) is 25.7 Å². The zero-order chi connectivity index (χ0) is 50.9. The van der Waals surface area contributed by atoms with Gasteiger partial charge in [0.15, 0.2) is 0 Å². The summed E-state index contributed by atoms with van der Waals surface area (Å²) in [4.78, 5) is 40.4. The Morgan fingerprint density at radius 1 is 0.493 bits per heavy atom. The van der Waals surface area contributed by atoms with Gasteiger partial charge in [-0.3, -0.25) is 19.3 Å². The highest BCUT2D eigenvalue weighted by molar-refractivity contribution is 5.75. The fraction of sp³-hybridized carbons (Fsp3) is 0.933. The monoisotopic (exact) mass is 978 g/mol. The Morgan fingerprint density at radius 3 is 1.16 bits per heavy atom. The minimum absolute atomic E-state index is 0.0177. The number of carbonyl (C=O) groups is 3. The number of carbonyl (C=O) groups excluding carboxylic acids is 3. The van der Waals surface area contributed by atoms with Crippen LogP contribution >= 0.6 is 0 Å². The third-order valence-corrected chi connectivity index (χ3v) is 13.6. The van der Waals surface area contributed by atoms with Crippen LogP contribution in [0.25, 0.3) is 0 Å². The maximum Gasteiger partial charge on any atom is 0.323 e. The van der Waals surface area contributed by atoms with Crippen molar-refractivity contribution in [3.8, 4) is 0 Å². The summed E-state index contributed by atoms with van der Waals surface area (Å²) in [5.74, 6) is -0.950. The van der Waals surface area contributed by atoms with Gasteiger partial charge in [-0.1, -0.05) is 251 Å². The Kier molecular flexibility index (Phi) is 48.6. The molecule has 0 amide bonds. The van der Waals surface area contributed by atoms with E-state index in [4.69, 9.17) is 19.9 Å². The zero-order valence-electron chi connectivity index (χ0n) is 46.6. The number of hydrogen-bond donors (Lipinski definition) is 2. The highest BCUT2D eigenvalue weighted by Gasteiger charge is 2.24. The molecular formula is C60H117N2O7. The first kappa shape index (κ1) is 67.3. The number of esters is 3. The third kappa shape index (κ3) is 51.0. The van der Waals surface area contributed by atoms with Crippen molar-refractivity contribution in [2.24, 2.45) is 5.73 Å². The largest absolute Gasteiger partial charge is 0.462 e. The van der Waals surface area contributed by atoms with Gasteiger partial charge in [0.25, 0.3) is 0 Å². The van der Waals surface area contributed by atoms with E-state index in [0.29, 0.717) is 45.2 Å². The lowest BCUT2D eigenvalue weighted by Crippen LogP contribution is -2.42. The lowest BCUT2D eigenvalue weighted by Gasteiger charge is -2.28. The molecule has 3 unspecified atom stereocenters. The smallest absolute Gasteiger partial charge is 0.323 e. The van der Waals surface area contributed by atoms with Crippen LogP contribution in [0.5, 0.6) is 0 Å². The summed E-state index contributed by atoms with van der Waals surface area (Å²) in [5.41, 5.74) is 5.53. The predicted octanol–water partition coefficient (Wildman–Crippen LogP) is 16.4. The molecule has 0 heterocycles. The SMILES string of the molecule is [CH2]C(O)CN(CCCCC(N)C(=O)OC(C)(C)C)CC(COC(=O)CCCCCCCCCCCCCCCCCCCCC)OC(=O)CCCCCCCCCCCCCCCCCCCCC. The normalized spacial score (nSPS) is 13.2. The molecule has 1 radical (unpaired) electrons. The van der Waals surface area contributed by atoms with Crippen LogP contribution in [0.2, 0.25) is 0 Å². The quantitative estimate of drug-likeness (QED) is 0.0348. The molecule has 0 aromatic carbocycles. The van der Waals surface area contributed by atoms with Crippen LogP contribution in [0, 0.1) is 6.92 Å². The van der Waals surface area contributed by atoms with E-state index < -0.39 is 29.8 Å². The molecule has 9 heteroatoms. The Labute approximate surface area is 428 Å². The van der Waals surface area contributed by atoms with Crippen molar-refractivity contribution < 1.29 is 33.7 Å². The van der Waals surface area contributed by atoms with Crippen LogP contribution < -0.4 is 5.73 Å². The van der Waals surface area contributed by atoms with Gasteiger partial charge in [0.1, 0.15) is 24.4 Å². The summed E-state index contributed by atoms with van der Waals surface area (Å²) < 4.78 is 17.1. The fourth-order valence-corrected chi connectivity index (χ4v) is 9.36. The van der Waals surface area contributed by atoms with Gasteiger partial charge in [0, 0.05) is 25.9 Å². The van der Waals surface area contributed by atoms with Gasteiger partial charge in [-0.2, -0.15) is 0 Å². The molecule has 0 aliphatic rings. The third-order valence-electron chi connectivity index (χ3n) is 13.6. The molecule has 0 aromatic rings. The van der Waals surface area contributed by atoms with E-state index in [2.05, 4.69) is 20.8 Å². The average molecular weight is 979 g/mol. The van der Waals surface area contributed by atoms with Crippen molar-refractivity contribution in [2.45, 2.75) is 335 Å². The molecule has 0 aliphatic heterocycles. The molecule has 0 aromatic heterocycles. The zero-order valence-corrected chi connectivity index (χ0v) is 46.6. The maximum absolute atomic E-state index is 13.1. The number of aliphatic hydroxyl groups is 1. The number of hydrogen-bond acceptors (Lipinski definition) is 9. The number of aliphatic hydroxyl groups excluding tert-OH is 1. The van der Waals surface area contributed by atoms with Gasteiger partial charge in [-0.15, -0.1) is 0 Å². The molecule has 0 saturated carbocycles. The summed E-state index contributed by atoms with van der Waals surface area (Å²) >= 11 is 0. The van der Waals surface area contributed by atoms with Crippen molar-refractivity contribution in [1.82, 2.24) is 4.90 Å². The van der Waals surface area contributed by atoms with E-state index in [-0.39, 0.29) is 25.1 Å².